The SMILES string of the molecule is Cc1ccc(N(C)C)c(CNc2ccc(-c3cc4c(nc3C)OCCO4)cn2)c1. The molecule has 1 aliphatic heterocycles. The highest BCUT2D eigenvalue weighted by Crippen LogP contribution is 2.34. The molecule has 1 N–H and O–H groups in total. The van der Waals surface area contributed by atoms with Crippen molar-refractivity contribution in [3.8, 4) is 22.8 Å². The van der Waals surface area contributed by atoms with Gasteiger partial charge in [-0.3, -0.25) is 0 Å². The minimum atomic E-state index is 0.539. The van der Waals surface area contributed by atoms with Gasteiger partial charge in [0.15, 0.2) is 5.75 Å². The van der Waals surface area contributed by atoms with Crippen LogP contribution in [0.4, 0.5) is 11.5 Å². The first-order valence-corrected chi connectivity index (χ1v) is 9.75. The van der Waals surface area contributed by atoms with Gasteiger partial charge in [0.05, 0.1) is 0 Å². The number of aryl methyl sites for hydroxylation is 2. The zero-order valence-corrected chi connectivity index (χ0v) is 17.3. The largest absolute Gasteiger partial charge is 0.484 e. The molecule has 0 amide bonds. The van der Waals surface area contributed by atoms with Crippen molar-refractivity contribution in [2.75, 3.05) is 37.5 Å². The molecule has 0 bridgehead atoms. The molecule has 0 saturated carbocycles. The van der Waals surface area contributed by atoms with E-state index >= 15 is 0 Å². The van der Waals surface area contributed by atoms with Crippen molar-refractivity contribution in [3.63, 3.8) is 0 Å². The van der Waals surface area contributed by atoms with E-state index in [1.54, 1.807) is 0 Å². The van der Waals surface area contributed by atoms with Gasteiger partial charge in [0.1, 0.15) is 19.0 Å². The minimum absolute atomic E-state index is 0.539. The molecule has 0 atom stereocenters. The van der Waals surface area contributed by atoms with Crippen molar-refractivity contribution < 1.29 is 9.47 Å². The first-order valence-electron chi connectivity index (χ1n) is 9.75. The van der Waals surface area contributed by atoms with Crippen molar-refractivity contribution in [2.24, 2.45) is 0 Å². The zero-order chi connectivity index (χ0) is 20.4. The van der Waals surface area contributed by atoms with E-state index in [0.717, 1.165) is 22.6 Å². The first kappa shape index (κ1) is 19.1. The van der Waals surface area contributed by atoms with Crippen LogP contribution in [0.15, 0.2) is 42.6 Å². The zero-order valence-electron chi connectivity index (χ0n) is 17.3. The lowest BCUT2D eigenvalue weighted by molar-refractivity contribution is 0.164. The number of nitrogens with one attached hydrogen (secondary N) is 1. The summed E-state index contributed by atoms with van der Waals surface area (Å²) < 4.78 is 11.2. The third kappa shape index (κ3) is 4.11. The van der Waals surface area contributed by atoms with E-state index in [1.807, 2.05) is 25.3 Å². The number of hydrogen-bond donors (Lipinski definition) is 1. The summed E-state index contributed by atoms with van der Waals surface area (Å²) in [6, 6.07) is 12.5. The summed E-state index contributed by atoms with van der Waals surface area (Å²) in [5.74, 6) is 2.09. The molecular formula is C23H26N4O2. The van der Waals surface area contributed by atoms with Gasteiger partial charge in [0.2, 0.25) is 0 Å². The third-order valence-electron chi connectivity index (χ3n) is 4.98. The molecule has 1 aromatic carbocycles. The average molecular weight is 390 g/mol. The van der Waals surface area contributed by atoms with Crippen molar-refractivity contribution in [1.29, 1.82) is 0 Å². The standard InChI is InChI=1S/C23H26N4O2/c1-15-5-7-20(27(3)4)18(11-15)14-25-22-8-6-17(13-24-22)19-12-21-23(26-16(19)2)29-10-9-28-21/h5-8,11-13H,9-10,14H2,1-4H3,(H,24,25). The van der Waals surface area contributed by atoms with E-state index in [-0.39, 0.29) is 0 Å². The second kappa shape index (κ2) is 7.99. The lowest BCUT2D eigenvalue weighted by Gasteiger charge is -2.19. The summed E-state index contributed by atoms with van der Waals surface area (Å²) in [7, 11) is 4.12. The fourth-order valence-corrected chi connectivity index (χ4v) is 3.49. The van der Waals surface area contributed by atoms with Gasteiger partial charge in [-0.15, -0.1) is 0 Å². The molecule has 6 nitrogen and oxygen atoms in total. The predicted molar refractivity (Wildman–Crippen MR) is 116 cm³/mol. The fraction of sp³-hybridized carbons (Fsp3) is 0.304. The normalized spacial score (nSPS) is 12.6. The molecule has 0 radical (unpaired) electrons. The maximum Gasteiger partial charge on any atom is 0.257 e. The number of fused-ring (bicyclic) bond motifs is 1. The van der Waals surface area contributed by atoms with Gasteiger partial charge in [-0.1, -0.05) is 17.7 Å². The number of benzene rings is 1. The van der Waals surface area contributed by atoms with Crippen molar-refractivity contribution >= 4 is 11.5 Å². The summed E-state index contributed by atoms with van der Waals surface area (Å²) in [5.41, 5.74) is 6.60. The van der Waals surface area contributed by atoms with Gasteiger partial charge >= 0.3 is 0 Å². The lowest BCUT2D eigenvalue weighted by Crippen LogP contribution is -2.16. The van der Waals surface area contributed by atoms with Crippen LogP contribution in [0.2, 0.25) is 0 Å². The molecule has 0 aliphatic carbocycles. The summed E-state index contributed by atoms with van der Waals surface area (Å²) >= 11 is 0. The first-order chi connectivity index (χ1) is 14.0. The van der Waals surface area contributed by atoms with Crippen LogP contribution in [-0.4, -0.2) is 37.3 Å². The van der Waals surface area contributed by atoms with Crippen LogP contribution in [0, 0.1) is 13.8 Å². The van der Waals surface area contributed by atoms with Gasteiger partial charge in [-0.05, 0) is 43.7 Å². The van der Waals surface area contributed by atoms with Gasteiger partial charge in [0.25, 0.3) is 5.88 Å². The number of nitrogens with zero attached hydrogens (tertiary/aromatic N) is 3. The van der Waals surface area contributed by atoms with Gasteiger partial charge in [-0.2, -0.15) is 0 Å². The summed E-state index contributed by atoms with van der Waals surface area (Å²) in [6.45, 7) is 5.88. The van der Waals surface area contributed by atoms with Gasteiger partial charge < -0.3 is 19.7 Å². The van der Waals surface area contributed by atoms with E-state index < -0.39 is 0 Å². The molecule has 0 unspecified atom stereocenters. The molecule has 1 aliphatic rings. The van der Waals surface area contributed by atoms with E-state index in [2.05, 4.69) is 65.5 Å². The van der Waals surface area contributed by atoms with Crippen LogP contribution in [0.25, 0.3) is 11.1 Å². The summed E-state index contributed by atoms with van der Waals surface area (Å²) in [5, 5.41) is 3.43. The van der Waals surface area contributed by atoms with E-state index in [0.29, 0.717) is 31.4 Å². The van der Waals surface area contributed by atoms with Gasteiger partial charge in [-0.25, -0.2) is 9.97 Å². The van der Waals surface area contributed by atoms with E-state index in [1.165, 1.54) is 16.8 Å². The van der Waals surface area contributed by atoms with Gasteiger partial charge in [0, 0.05) is 49.3 Å². The number of ether oxygens (including phenoxy) is 2. The Balaban J connectivity index is 1.51. The van der Waals surface area contributed by atoms with Crippen LogP contribution in [0.5, 0.6) is 11.6 Å². The quantitative estimate of drug-likeness (QED) is 0.704. The highest BCUT2D eigenvalue weighted by atomic mass is 16.6. The van der Waals surface area contributed by atoms with Crippen molar-refractivity contribution in [3.05, 3.63) is 59.4 Å². The highest BCUT2D eigenvalue weighted by Gasteiger charge is 2.17. The highest BCUT2D eigenvalue weighted by molar-refractivity contribution is 5.69. The summed E-state index contributed by atoms with van der Waals surface area (Å²) in [4.78, 5) is 11.3. The summed E-state index contributed by atoms with van der Waals surface area (Å²) in [6.07, 6.45) is 1.87. The van der Waals surface area contributed by atoms with Crippen molar-refractivity contribution in [2.45, 2.75) is 20.4 Å². The Labute approximate surface area is 171 Å². The second-order valence-corrected chi connectivity index (χ2v) is 7.43. The van der Waals surface area contributed by atoms with E-state index in [4.69, 9.17) is 9.47 Å². The number of hydrogen-bond acceptors (Lipinski definition) is 6. The Kier molecular flexibility index (Phi) is 5.25. The van der Waals surface area contributed by atoms with Crippen LogP contribution in [0.1, 0.15) is 16.8 Å². The number of anilines is 2. The minimum Gasteiger partial charge on any atom is -0.484 e. The average Bonchev–Trinajstić information content (AvgIpc) is 2.72. The predicted octanol–water partition coefficient (Wildman–Crippen LogP) is 4.21. The molecule has 3 heterocycles. The van der Waals surface area contributed by atoms with Crippen LogP contribution in [-0.2, 0) is 6.54 Å². The molecule has 2 aromatic heterocycles. The van der Waals surface area contributed by atoms with Crippen LogP contribution >= 0.6 is 0 Å². The number of aromatic nitrogens is 2. The Hall–Kier alpha value is -3.28. The molecule has 3 aromatic rings. The van der Waals surface area contributed by atoms with Crippen molar-refractivity contribution in [1.82, 2.24) is 9.97 Å². The topological polar surface area (TPSA) is 59.5 Å². The van der Waals surface area contributed by atoms with Crippen LogP contribution < -0.4 is 19.7 Å². The fourth-order valence-electron chi connectivity index (χ4n) is 3.49. The maximum absolute atomic E-state index is 5.67. The number of pyridine rings is 2. The smallest absolute Gasteiger partial charge is 0.257 e. The molecule has 0 saturated heterocycles. The molecule has 29 heavy (non-hydrogen) atoms. The third-order valence-corrected chi connectivity index (χ3v) is 4.98. The Morgan fingerprint density at radius 2 is 1.86 bits per heavy atom. The monoisotopic (exact) mass is 390 g/mol. The maximum atomic E-state index is 5.67. The van der Waals surface area contributed by atoms with E-state index in [9.17, 15) is 0 Å². The second-order valence-electron chi connectivity index (χ2n) is 7.43. The molecular weight excluding hydrogens is 364 g/mol. The molecule has 4 rings (SSSR count). The Morgan fingerprint density at radius 1 is 1.03 bits per heavy atom. The van der Waals surface area contributed by atoms with Crippen LogP contribution in [0.3, 0.4) is 0 Å². The molecule has 0 spiro atoms. The molecule has 6 heteroatoms. The molecule has 0 fully saturated rings. The lowest BCUT2D eigenvalue weighted by atomic mass is 10.1. The Morgan fingerprint density at radius 3 is 2.62 bits per heavy atom. The Bertz CT molecular complexity index is 1020. The number of rotatable bonds is 5. The molecule has 150 valence electrons.